The summed E-state index contributed by atoms with van der Waals surface area (Å²) in [5, 5.41) is 14.2. The molecule has 0 radical (unpaired) electrons. The molecule has 1 amide bonds. The fraction of sp³-hybridized carbons (Fsp3) is 0.190. The van der Waals surface area contributed by atoms with Crippen LogP contribution in [0.15, 0.2) is 48.5 Å². The van der Waals surface area contributed by atoms with Gasteiger partial charge in [-0.05, 0) is 61.4 Å². The van der Waals surface area contributed by atoms with Crippen LogP contribution in [0.2, 0.25) is 0 Å². The van der Waals surface area contributed by atoms with Crippen molar-refractivity contribution in [3.8, 4) is 11.5 Å². The maximum absolute atomic E-state index is 12.4. The van der Waals surface area contributed by atoms with E-state index in [-0.39, 0.29) is 5.91 Å². The zero-order valence-electron chi connectivity index (χ0n) is 16.2. The number of ether oxygens (including phenoxy) is 2. The second kappa shape index (κ2) is 8.39. The van der Waals surface area contributed by atoms with E-state index in [1.807, 2.05) is 26.0 Å². The summed E-state index contributed by atoms with van der Waals surface area (Å²) in [4.78, 5) is 12.4. The molecular weight excluding hydrogens is 356 g/mol. The topological polar surface area (TPSA) is 85.4 Å². The Morgan fingerprint density at radius 3 is 2.25 bits per heavy atom. The molecule has 0 atom stereocenters. The lowest BCUT2D eigenvalue weighted by molar-refractivity contribution is 0.102. The molecule has 28 heavy (non-hydrogen) atoms. The third-order valence-electron chi connectivity index (χ3n) is 4.21. The lowest BCUT2D eigenvalue weighted by Crippen LogP contribution is -2.13. The Labute approximate surface area is 163 Å². The van der Waals surface area contributed by atoms with E-state index in [0.717, 1.165) is 16.8 Å². The quantitative estimate of drug-likeness (QED) is 0.671. The lowest BCUT2D eigenvalue weighted by Gasteiger charge is -2.11. The van der Waals surface area contributed by atoms with E-state index in [0.29, 0.717) is 28.7 Å². The highest BCUT2D eigenvalue weighted by Gasteiger charge is 2.12. The molecule has 0 saturated heterocycles. The van der Waals surface area contributed by atoms with Gasteiger partial charge in [0.05, 0.1) is 14.2 Å². The summed E-state index contributed by atoms with van der Waals surface area (Å²) in [5.74, 6) is 1.67. The highest BCUT2D eigenvalue weighted by Crippen LogP contribution is 2.28. The number of carbonyl (C=O) groups excluding carboxylic acids is 1. The number of hydrogen-bond donors (Lipinski definition) is 2. The van der Waals surface area contributed by atoms with Crippen LogP contribution in [0.1, 0.15) is 21.5 Å². The second-order valence-electron chi connectivity index (χ2n) is 6.27. The molecule has 0 fully saturated rings. The fourth-order valence-corrected chi connectivity index (χ4v) is 2.64. The molecule has 3 rings (SSSR count). The molecule has 0 aliphatic rings. The van der Waals surface area contributed by atoms with Crippen LogP contribution in [0, 0.1) is 13.8 Å². The van der Waals surface area contributed by atoms with Gasteiger partial charge < -0.3 is 20.1 Å². The van der Waals surface area contributed by atoms with Crippen molar-refractivity contribution in [3.63, 3.8) is 0 Å². The molecule has 0 spiro atoms. The van der Waals surface area contributed by atoms with Gasteiger partial charge in [0.2, 0.25) is 0 Å². The van der Waals surface area contributed by atoms with Crippen molar-refractivity contribution in [2.24, 2.45) is 0 Å². The van der Waals surface area contributed by atoms with Gasteiger partial charge >= 0.3 is 0 Å². The van der Waals surface area contributed by atoms with Crippen molar-refractivity contribution in [1.29, 1.82) is 0 Å². The Kier molecular flexibility index (Phi) is 5.74. The normalized spacial score (nSPS) is 10.3. The molecule has 0 aliphatic heterocycles. The van der Waals surface area contributed by atoms with E-state index in [4.69, 9.17) is 9.47 Å². The highest BCUT2D eigenvalue weighted by atomic mass is 16.5. The Balaban J connectivity index is 1.70. The minimum Gasteiger partial charge on any atom is -0.493 e. The second-order valence-corrected chi connectivity index (χ2v) is 6.27. The average molecular weight is 378 g/mol. The Bertz CT molecular complexity index is 987. The van der Waals surface area contributed by atoms with Crippen molar-refractivity contribution < 1.29 is 14.3 Å². The third-order valence-corrected chi connectivity index (χ3v) is 4.21. The van der Waals surface area contributed by atoms with E-state index in [2.05, 4.69) is 26.9 Å². The summed E-state index contributed by atoms with van der Waals surface area (Å²) in [6, 6.07) is 14.5. The number of benzene rings is 2. The van der Waals surface area contributed by atoms with Crippen LogP contribution >= 0.6 is 0 Å². The van der Waals surface area contributed by atoms with Gasteiger partial charge in [-0.25, -0.2) is 0 Å². The average Bonchev–Trinajstić information content (AvgIpc) is 2.71. The summed E-state index contributed by atoms with van der Waals surface area (Å²) >= 11 is 0. The van der Waals surface area contributed by atoms with Gasteiger partial charge in [-0.3, -0.25) is 4.79 Å². The minimum atomic E-state index is -0.314. The van der Waals surface area contributed by atoms with Gasteiger partial charge in [-0.15, -0.1) is 10.2 Å². The summed E-state index contributed by atoms with van der Waals surface area (Å²) in [6.45, 7) is 4.05. The first-order valence-electron chi connectivity index (χ1n) is 8.71. The number of carbonyl (C=O) groups is 1. The van der Waals surface area contributed by atoms with Crippen LogP contribution in [0.3, 0.4) is 0 Å². The molecule has 0 unspecified atom stereocenters. The third kappa shape index (κ3) is 4.37. The van der Waals surface area contributed by atoms with Crippen LogP contribution in [-0.4, -0.2) is 30.3 Å². The smallest absolute Gasteiger partial charge is 0.257 e. The van der Waals surface area contributed by atoms with Gasteiger partial charge in [0, 0.05) is 11.3 Å². The molecule has 144 valence electrons. The van der Waals surface area contributed by atoms with Crippen LogP contribution in [0.25, 0.3) is 0 Å². The molecule has 2 aromatic carbocycles. The van der Waals surface area contributed by atoms with Crippen molar-refractivity contribution in [2.45, 2.75) is 13.8 Å². The fourth-order valence-electron chi connectivity index (χ4n) is 2.64. The van der Waals surface area contributed by atoms with E-state index in [9.17, 15) is 4.79 Å². The zero-order valence-corrected chi connectivity index (χ0v) is 16.2. The van der Waals surface area contributed by atoms with Crippen LogP contribution in [-0.2, 0) is 0 Å². The number of rotatable bonds is 6. The number of amides is 1. The van der Waals surface area contributed by atoms with Gasteiger partial charge in [0.1, 0.15) is 0 Å². The number of nitrogens with zero attached hydrogens (tertiary/aromatic N) is 2. The Morgan fingerprint density at radius 1 is 0.857 bits per heavy atom. The van der Waals surface area contributed by atoms with Crippen molar-refractivity contribution >= 4 is 23.2 Å². The molecule has 0 bridgehead atoms. The van der Waals surface area contributed by atoms with E-state index >= 15 is 0 Å². The van der Waals surface area contributed by atoms with Gasteiger partial charge in [-0.1, -0.05) is 12.1 Å². The number of nitrogens with one attached hydrogen (secondary N) is 2. The van der Waals surface area contributed by atoms with E-state index < -0.39 is 0 Å². The molecule has 1 heterocycles. The summed E-state index contributed by atoms with van der Waals surface area (Å²) in [7, 11) is 3.06. The molecule has 3 aromatic rings. The van der Waals surface area contributed by atoms with Crippen LogP contribution in [0.5, 0.6) is 11.5 Å². The molecule has 2 N–H and O–H groups in total. The van der Waals surface area contributed by atoms with Gasteiger partial charge in [0.25, 0.3) is 5.91 Å². The first-order chi connectivity index (χ1) is 13.5. The van der Waals surface area contributed by atoms with Crippen molar-refractivity contribution in [3.05, 3.63) is 65.2 Å². The molecule has 1 aromatic heterocycles. The van der Waals surface area contributed by atoms with Gasteiger partial charge in [0.15, 0.2) is 23.1 Å². The predicted octanol–water partition coefficient (Wildman–Crippen LogP) is 4.11. The largest absolute Gasteiger partial charge is 0.493 e. The number of methoxy groups -OCH3 is 2. The Morgan fingerprint density at radius 2 is 1.57 bits per heavy atom. The zero-order chi connectivity index (χ0) is 20.1. The van der Waals surface area contributed by atoms with Crippen molar-refractivity contribution in [1.82, 2.24) is 10.2 Å². The summed E-state index contributed by atoms with van der Waals surface area (Å²) in [5.41, 5.74) is 3.66. The van der Waals surface area contributed by atoms with Crippen molar-refractivity contribution in [2.75, 3.05) is 24.9 Å². The summed E-state index contributed by atoms with van der Waals surface area (Å²) < 4.78 is 10.4. The molecule has 0 saturated carbocycles. The standard InChI is InChI=1S/C21H22N4O3/c1-13-5-6-14(2)16(11-13)22-19-9-10-20(25-24-19)23-21(26)15-7-8-17(27-3)18(12-15)28-4/h5-12H,1-4H3,(H,22,24)(H,23,25,26). The molecule has 7 heteroatoms. The van der Waals surface area contributed by atoms with Gasteiger partial charge in [-0.2, -0.15) is 0 Å². The monoisotopic (exact) mass is 378 g/mol. The lowest BCUT2D eigenvalue weighted by atomic mass is 10.1. The molecule has 0 aliphatic carbocycles. The number of aryl methyl sites for hydroxylation is 2. The minimum absolute atomic E-state index is 0.314. The number of aromatic nitrogens is 2. The molecule has 7 nitrogen and oxygen atoms in total. The SMILES string of the molecule is COc1ccc(C(=O)Nc2ccc(Nc3cc(C)ccc3C)nn2)cc1OC. The maximum atomic E-state index is 12.4. The first kappa shape index (κ1) is 19.2. The highest BCUT2D eigenvalue weighted by molar-refractivity contribution is 6.04. The van der Waals surface area contributed by atoms with Crippen LogP contribution in [0.4, 0.5) is 17.3 Å². The van der Waals surface area contributed by atoms with E-state index in [1.165, 1.54) is 7.11 Å². The van der Waals surface area contributed by atoms with Crippen LogP contribution < -0.4 is 20.1 Å². The molecular formula is C21H22N4O3. The predicted molar refractivity (Wildman–Crippen MR) is 109 cm³/mol. The first-order valence-corrected chi connectivity index (χ1v) is 8.71. The maximum Gasteiger partial charge on any atom is 0.257 e. The Hall–Kier alpha value is -3.61. The summed E-state index contributed by atoms with van der Waals surface area (Å²) in [6.07, 6.45) is 0. The number of hydrogen-bond acceptors (Lipinski definition) is 6. The van der Waals surface area contributed by atoms with E-state index in [1.54, 1.807) is 37.4 Å². The number of anilines is 3.